The summed E-state index contributed by atoms with van der Waals surface area (Å²) in [6.45, 7) is 13.8. The van der Waals surface area contributed by atoms with Crippen molar-refractivity contribution in [2.24, 2.45) is 0 Å². The second-order valence-corrected chi connectivity index (χ2v) is 40.0. The molecule has 2 aromatic rings. The standard InChI is InChI=1S/C55H90N2.2C30H61.Ni/c1-5-9-13-16-18-19-20-21-22-23-24-25-26-27-28-29-30-31-34-39-49-41-37-43-51(47-49)55-53(45-35-32-17-14-10-6-2)52(44-12-8-4)54(57(55)56)50-42-36-40-48(46-50)38-33-15-11-7-3;2*1-3-5-7-9-11-13-15-17-19-21-23-25-27-29-30-28-26-24-22-20-18-16-14-12-10-8-6-4-2;/h36-37,40-43,46-47H,5-35,38-39,44-45H2,1-4H3;2*1,3-30H2,2H3;. The predicted octanol–water partition coefficient (Wildman–Crippen LogP) is 42.7. The van der Waals surface area contributed by atoms with Crippen molar-refractivity contribution in [1.29, 1.82) is 0 Å². The fourth-order valence-corrected chi connectivity index (χ4v) is 20.1. The molecule has 692 valence electrons. The van der Waals surface area contributed by atoms with Gasteiger partial charge in [-0.3, -0.25) is 0 Å². The number of rotatable bonds is 95. The van der Waals surface area contributed by atoms with Crippen LogP contribution >= 0.6 is 0 Å². The molecule has 1 aliphatic rings. The van der Waals surface area contributed by atoms with Gasteiger partial charge in [-0.1, -0.05) is 457 Å². The number of benzene rings is 2. The topological polar surface area (TPSA) is 25.3 Å². The Morgan fingerprint density at radius 1 is 0.186 bits per heavy atom. The Bertz CT molecular complexity index is 2350. The zero-order chi connectivity index (χ0) is 84.3. The Kier molecular flexibility index (Phi) is 88.0. The Hall–Kier alpha value is -1.99. The van der Waals surface area contributed by atoms with Gasteiger partial charge >= 0.3 is 166 Å². The van der Waals surface area contributed by atoms with Gasteiger partial charge in [0.05, 0.1) is 0 Å². The van der Waals surface area contributed by atoms with Crippen LogP contribution in [0.5, 0.6) is 0 Å². The van der Waals surface area contributed by atoms with Crippen molar-refractivity contribution in [3.05, 3.63) is 87.5 Å². The number of allylic oxidation sites excluding steroid dienone is 2. The van der Waals surface area contributed by atoms with Crippen molar-refractivity contribution in [2.45, 2.75) is 637 Å². The molecule has 0 unspecified atom stereocenters. The van der Waals surface area contributed by atoms with Gasteiger partial charge in [0.2, 0.25) is 11.4 Å². The summed E-state index contributed by atoms with van der Waals surface area (Å²) >= 11 is 2.06. The summed E-state index contributed by atoms with van der Waals surface area (Å²) in [5.74, 6) is 0. The molecule has 2 nitrogen and oxygen atoms in total. The molecular formula is C115H212N2Ni. The molecule has 2 aromatic carbocycles. The normalized spacial score (nSPS) is 12.4. The first kappa shape index (κ1) is 112. The molecule has 0 saturated carbocycles. The SMILES string of the molecule is CCCCCCCCCCCCCCCCCCCCCCCCCCCCC[CH2][Ni][CH2]CCCCCCCCCCCCCCCCCCCCCCCCCCCCC.CCCCCCCCCCCCCCCCCCCCCc1cccc(C2=C(CCCCCCCC)C(CCCC)=C(c3cccc(CCCCCC)c3)[N+]2=[N-])c1. The third kappa shape index (κ3) is 71.2. The average Bonchev–Trinajstić information content (AvgIpc) is 1.61. The van der Waals surface area contributed by atoms with Crippen LogP contribution in [0, 0.1) is 0 Å². The summed E-state index contributed by atoms with van der Waals surface area (Å²) in [5.41, 5.74) is 22.3. The number of nitrogens with zero attached hydrogens (tertiary/aromatic N) is 2. The van der Waals surface area contributed by atoms with E-state index in [1.54, 1.807) is 4.70 Å². The smallest absolute Gasteiger partial charge is 0.493 e. The Balaban J connectivity index is 0.000000801. The molecule has 0 fully saturated rings. The third-order valence-corrected chi connectivity index (χ3v) is 28.3. The Morgan fingerprint density at radius 3 is 0.551 bits per heavy atom. The van der Waals surface area contributed by atoms with Crippen LogP contribution in [-0.4, -0.2) is 4.70 Å². The summed E-state index contributed by atoms with van der Waals surface area (Å²) in [4.78, 5) is 0. The molecular weight excluding hydrogens is 1470 g/mol. The van der Waals surface area contributed by atoms with Crippen LogP contribution in [0.4, 0.5) is 0 Å². The first-order valence-corrected chi connectivity index (χ1v) is 56.5. The summed E-state index contributed by atoms with van der Waals surface area (Å²) < 4.78 is 1.62. The van der Waals surface area contributed by atoms with Crippen molar-refractivity contribution in [1.82, 2.24) is 0 Å². The summed E-state index contributed by atoms with van der Waals surface area (Å²) in [6, 6.07) is 18.3. The van der Waals surface area contributed by atoms with E-state index in [-0.39, 0.29) is 0 Å². The van der Waals surface area contributed by atoms with Gasteiger partial charge in [-0.05, 0) is 86.8 Å². The number of unbranched alkanes of at least 4 members (excludes halogenated alkanes) is 81. The second-order valence-electron chi connectivity index (χ2n) is 38.5. The molecule has 0 spiro atoms. The molecule has 0 amide bonds. The summed E-state index contributed by atoms with van der Waals surface area (Å²) in [6.07, 6.45) is 130. The fraction of sp³-hybridized carbons (Fsp3) is 0.861. The minimum absolute atomic E-state index is 1.03. The van der Waals surface area contributed by atoms with Crippen molar-refractivity contribution in [3.63, 3.8) is 0 Å². The van der Waals surface area contributed by atoms with Crippen LogP contribution in [0.25, 0.3) is 16.9 Å². The molecule has 0 aromatic heterocycles. The number of aryl methyl sites for hydroxylation is 2. The molecule has 1 heterocycles. The van der Waals surface area contributed by atoms with Crippen LogP contribution in [0.1, 0.15) is 635 Å². The van der Waals surface area contributed by atoms with Gasteiger partial charge in [0.15, 0.2) is 0 Å². The van der Waals surface area contributed by atoms with Gasteiger partial charge in [0.25, 0.3) is 0 Å². The second kappa shape index (κ2) is 92.7. The van der Waals surface area contributed by atoms with Crippen LogP contribution in [-0.2, 0) is 27.3 Å². The zero-order valence-electron chi connectivity index (χ0n) is 81.6. The predicted molar refractivity (Wildman–Crippen MR) is 532 cm³/mol. The van der Waals surface area contributed by atoms with E-state index < -0.39 is 0 Å². The molecule has 0 radical (unpaired) electrons. The van der Waals surface area contributed by atoms with E-state index in [1.165, 1.54) is 590 Å². The molecule has 0 N–H and O–H groups in total. The number of hydrogen-bond acceptors (Lipinski definition) is 0. The minimum Gasteiger partial charge on any atom is -0.493 e. The van der Waals surface area contributed by atoms with Gasteiger partial charge in [-0.25, -0.2) is 4.70 Å². The van der Waals surface area contributed by atoms with E-state index in [4.69, 9.17) is 0 Å². The maximum atomic E-state index is 12.3. The van der Waals surface area contributed by atoms with Crippen LogP contribution < -0.4 is 0 Å². The minimum atomic E-state index is 1.03. The van der Waals surface area contributed by atoms with Gasteiger partial charge in [0, 0.05) is 22.3 Å². The Morgan fingerprint density at radius 2 is 0.347 bits per heavy atom. The fourth-order valence-electron chi connectivity index (χ4n) is 18.9. The molecule has 1 aliphatic heterocycles. The molecule has 3 heteroatoms. The number of hydrogen-bond donors (Lipinski definition) is 0. The van der Waals surface area contributed by atoms with E-state index in [9.17, 15) is 5.53 Å². The first-order valence-electron chi connectivity index (χ1n) is 55.1. The average molecular weight is 1680 g/mol. The monoisotopic (exact) mass is 1680 g/mol. The van der Waals surface area contributed by atoms with E-state index in [2.05, 4.69) is 105 Å². The molecule has 0 atom stereocenters. The van der Waals surface area contributed by atoms with Gasteiger partial charge in [0.1, 0.15) is 0 Å². The van der Waals surface area contributed by atoms with E-state index >= 15 is 0 Å². The first-order chi connectivity index (χ1) is 58.6. The van der Waals surface area contributed by atoms with Crippen LogP contribution in [0.3, 0.4) is 0 Å². The summed E-state index contributed by atoms with van der Waals surface area (Å²) in [7, 11) is 0. The van der Waals surface area contributed by atoms with Gasteiger partial charge in [-0.15, -0.1) is 0 Å². The van der Waals surface area contributed by atoms with Crippen molar-refractivity contribution >= 4 is 11.4 Å². The van der Waals surface area contributed by atoms with Crippen LogP contribution in [0.2, 0.25) is 10.8 Å². The van der Waals surface area contributed by atoms with E-state index in [0.717, 1.165) is 49.9 Å². The van der Waals surface area contributed by atoms with Gasteiger partial charge < -0.3 is 5.53 Å². The molecule has 3 rings (SSSR count). The summed E-state index contributed by atoms with van der Waals surface area (Å²) in [5, 5.41) is 2.87. The molecule has 0 saturated heterocycles. The third-order valence-electron chi connectivity index (χ3n) is 26.9. The van der Waals surface area contributed by atoms with E-state index in [1.807, 2.05) is 0 Å². The van der Waals surface area contributed by atoms with Gasteiger partial charge in [-0.2, -0.15) is 0 Å². The zero-order valence-corrected chi connectivity index (χ0v) is 82.6. The Labute approximate surface area is 749 Å². The van der Waals surface area contributed by atoms with Crippen molar-refractivity contribution in [2.75, 3.05) is 0 Å². The maximum absolute atomic E-state index is 12.3. The molecule has 0 aliphatic carbocycles. The van der Waals surface area contributed by atoms with Crippen molar-refractivity contribution < 1.29 is 19.1 Å². The molecule has 0 bridgehead atoms. The quantitative estimate of drug-likeness (QED) is 0.0358. The van der Waals surface area contributed by atoms with Crippen LogP contribution in [0.15, 0.2) is 59.7 Å². The van der Waals surface area contributed by atoms with Crippen molar-refractivity contribution in [3.8, 4) is 0 Å². The molecule has 118 heavy (non-hydrogen) atoms. The van der Waals surface area contributed by atoms with E-state index in [0.29, 0.717) is 0 Å².